The molecule has 1 saturated carbocycles. The first-order chi connectivity index (χ1) is 3.43. The average Bonchev–Trinajstić information content (AvgIpc) is 1.55. The van der Waals surface area contributed by atoms with Gasteiger partial charge in [0.1, 0.15) is 0 Å². The molecule has 1 aliphatic rings. The number of nitrogens with one attached hydrogen (secondary N) is 1. The van der Waals surface area contributed by atoms with E-state index in [4.69, 9.17) is 0 Å². The van der Waals surface area contributed by atoms with Crippen molar-refractivity contribution >= 4 is 5.71 Å². The smallest absolute Gasteiger partial charge is 0.0378 e. The molecule has 0 aromatic carbocycles. The third-order valence-corrected chi connectivity index (χ3v) is 1.20. The molecule has 1 N–H and O–H groups in total. The first-order valence-electron chi connectivity index (χ1n) is 2.65. The van der Waals surface area contributed by atoms with Crippen molar-refractivity contribution in [2.45, 2.75) is 19.3 Å². The topological polar surface area (TPSA) is 24.4 Å². The molecule has 0 bridgehead atoms. The summed E-state index contributed by atoms with van der Waals surface area (Å²) in [5.41, 5.74) is 4.08. The van der Waals surface area contributed by atoms with E-state index in [9.17, 15) is 0 Å². The van der Waals surface area contributed by atoms with Gasteiger partial charge in [0.05, 0.1) is 0 Å². The van der Waals surface area contributed by atoms with Crippen molar-refractivity contribution in [1.29, 1.82) is 0 Å². The lowest BCUT2D eigenvalue weighted by molar-refractivity contribution is 0.762. The summed E-state index contributed by atoms with van der Waals surface area (Å²) in [6.45, 7) is 0. The van der Waals surface area contributed by atoms with Crippen LogP contribution in [0.1, 0.15) is 19.3 Å². The van der Waals surface area contributed by atoms with Crippen LogP contribution in [0.5, 0.6) is 0 Å². The van der Waals surface area contributed by atoms with E-state index in [1.54, 1.807) is 0 Å². The fourth-order valence-electron chi connectivity index (χ4n) is 0.605. The molecule has 2 heteroatoms. The molecular formula is C5H10N2. The summed E-state index contributed by atoms with van der Waals surface area (Å²) in [6.07, 6.45) is 3.75. The lowest BCUT2D eigenvalue weighted by Crippen LogP contribution is -2.13. The number of hydrogen-bond acceptors (Lipinski definition) is 2. The van der Waals surface area contributed by atoms with Crippen molar-refractivity contribution in [3.05, 3.63) is 0 Å². The second-order valence-corrected chi connectivity index (χ2v) is 1.76. The van der Waals surface area contributed by atoms with Crippen LogP contribution in [0, 0.1) is 0 Å². The van der Waals surface area contributed by atoms with Crippen LogP contribution in [0.4, 0.5) is 0 Å². The van der Waals surface area contributed by atoms with E-state index in [1.807, 2.05) is 7.05 Å². The Morgan fingerprint density at radius 2 is 2.29 bits per heavy atom. The second kappa shape index (κ2) is 1.96. The zero-order valence-corrected chi connectivity index (χ0v) is 4.57. The van der Waals surface area contributed by atoms with E-state index in [1.165, 1.54) is 25.0 Å². The predicted octanol–water partition coefficient (Wildman–Crippen LogP) is 0.746. The summed E-state index contributed by atoms with van der Waals surface area (Å²) in [5, 5.41) is 4.00. The fourth-order valence-corrected chi connectivity index (χ4v) is 0.605. The molecule has 0 aromatic rings. The van der Waals surface area contributed by atoms with E-state index in [2.05, 4.69) is 10.5 Å². The van der Waals surface area contributed by atoms with Crippen LogP contribution in [0.3, 0.4) is 0 Å². The van der Waals surface area contributed by atoms with Crippen molar-refractivity contribution in [2.75, 3.05) is 7.05 Å². The van der Waals surface area contributed by atoms with Crippen molar-refractivity contribution in [2.24, 2.45) is 5.10 Å². The van der Waals surface area contributed by atoms with Gasteiger partial charge in [-0.2, -0.15) is 5.10 Å². The molecule has 0 amide bonds. The summed E-state index contributed by atoms with van der Waals surface area (Å²) in [4.78, 5) is 0. The maximum absolute atomic E-state index is 4.00. The maximum Gasteiger partial charge on any atom is 0.0378 e. The molecule has 0 saturated heterocycles. The highest BCUT2D eigenvalue weighted by Gasteiger charge is 2.08. The van der Waals surface area contributed by atoms with Crippen LogP contribution >= 0.6 is 0 Å². The second-order valence-electron chi connectivity index (χ2n) is 1.76. The molecule has 0 spiro atoms. The summed E-state index contributed by atoms with van der Waals surface area (Å²) < 4.78 is 0. The predicted molar refractivity (Wildman–Crippen MR) is 30.3 cm³/mol. The fraction of sp³-hybridized carbons (Fsp3) is 0.800. The molecule has 0 aromatic heterocycles. The third kappa shape index (κ3) is 0.918. The van der Waals surface area contributed by atoms with Gasteiger partial charge in [-0.3, -0.25) is 0 Å². The SMILES string of the molecule is CNN=C1CCC1. The van der Waals surface area contributed by atoms with Crippen molar-refractivity contribution in [1.82, 2.24) is 5.43 Å². The lowest BCUT2D eigenvalue weighted by Gasteiger charge is -2.12. The molecule has 40 valence electrons. The number of hydrazone groups is 1. The van der Waals surface area contributed by atoms with Gasteiger partial charge in [0.2, 0.25) is 0 Å². The molecule has 0 atom stereocenters. The number of nitrogens with zero attached hydrogens (tertiary/aromatic N) is 1. The van der Waals surface area contributed by atoms with Gasteiger partial charge in [-0.15, -0.1) is 0 Å². The van der Waals surface area contributed by atoms with Gasteiger partial charge in [-0.05, 0) is 19.3 Å². The monoisotopic (exact) mass is 98.1 g/mol. The van der Waals surface area contributed by atoms with E-state index in [-0.39, 0.29) is 0 Å². The van der Waals surface area contributed by atoms with Crippen LogP contribution in [0.2, 0.25) is 0 Å². The van der Waals surface area contributed by atoms with Gasteiger partial charge in [0.25, 0.3) is 0 Å². The standard InChI is InChI=1S/C5H10N2/c1-6-7-5-3-2-4-5/h6H,2-4H2,1H3. The van der Waals surface area contributed by atoms with Crippen LogP contribution in [-0.2, 0) is 0 Å². The molecule has 7 heavy (non-hydrogen) atoms. The molecule has 1 fully saturated rings. The Morgan fingerprint density at radius 3 is 2.43 bits per heavy atom. The van der Waals surface area contributed by atoms with Crippen LogP contribution < -0.4 is 5.43 Å². The van der Waals surface area contributed by atoms with E-state index >= 15 is 0 Å². The van der Waals surface area contributed by atoms with Gasteiger partial charge >= 0.3 is 0 Å². The lowest BCUT2D eigenvalue weighted by atomic mass is 9.98. The van der Waals surface area contributed by atoms with Crippen LogP contribution in [-0.4, -0.2) is 12.8 Å². The van der Waals surface area contributed by atoms with Crippen LogP contribution in [0.15, 0.2) is 5.10 Å². The molecule has 1 rings (SSSR count). The van der Waals surface area contributed by atoms with Crippen LogP contribution in [0.25, 0.3) is 0 Å². The molecular weight excluding hydrogens is 88.1 g/mol. The van der Waals surface area contributed by atoms with Gasteiger partial charge < -0.3 is 5.43 Å². The number of rotatable bonds is 1. The molecule has 0 radical (unpaired) electrons. The molecule has 0 heterocycles. The largest absolute Gasteiger partial charge is 0.313 e. The Morgan fingerprint density at radius 1 is 1.57 bits per heavy atom. The van der Waals surface area contributed by atoms with E-state index in [0.717, 1.165) is 0 Å². The van der Waals surface area contributed by atoms with Crippen molar-refractivity contribution in [3.63, 3.8) is 0 Å². The summed E-state index contributed by atoms with van der Waals surface area (Å²) in [7, 11) is 1.84. The van der Waals surface area contributed by atoms with E-state index in [0.29, 0.717) is 0 Å². The van der Waals surface area contributed by atoms with Crippen molar-refractivity contribution in [3.8, 4) is 0 Å². The summed E-state index contributed by atoms with van der Waals surface area (Å²) >= 11 is 0. The molecule has 2 nitrogen and oxygen atoms in total. The van der Waals surface area contributed by atoms with Gasteiger partial charge in [-0.1, -0.05) is 0 Å². The number of hydrogen-bond donors (Lipinski definition) is 1. The van der Waals surface area contributed by atoms with Gasteiger partial charge in [-0.25, -0.2) is 0 Å². The first kappa shape index (κ1) is 4.62. The maximum atomic E-state index is 4.00. The Labute approximate surface area is 43.6 Å². The normalized spacial score (nSPS) is 18.1. The van der Waals surface area contributed by atoms with Crippen molar-refractivity contribution < 1.29 is 0 Å². The minimum atomic E-state index is 1.21. The quantitative estimate of drug-likeness (QED) is 0.481. The average molecular weight is 98.1 g/mol. The zero-order chi connectivity index (χ0) is 5.11. The molecule has 1 aliphatic carbocycles. The zero-order valence-electron chi connectivity index (χ0n) is 4.57. The summed E-state index contributed by atoms with van der Waals surface area (Å²) in [5.74, 6) is 0. The minimum absolute atomic E-state index is 1.21. The van der Waals surface area contributed by atoms with E-state index < -0.39 is 0 Å². The highest BCUT2D eigenvalue weighted by Crippen LogP contribution is 2.12. The Bertz CT molecular complexity index is 80.1. The van der Waals surface area contributed by atoms with Gasteiger partial charge in [0, 0.05) is 12.8 Å². The summed E-state index contributed by atoms with van der Waals surface area (Å²) in [6, 6.07) is 0. The minimum Gasteiger partial charge on any atom is -0.313 e. The highest BCUT2D eigenvalue weighted by molar-refractivity contribution is 5.88. The Hall–Kier alpha value is -0.530. The highest BCUT2D eigenvalue weighted by atomic mass is 15.3. The molecule has 0 aliphatic heterocycles. The third-order valence-electron chi connectivity index (χ3n) is 1.20. The Balaban J connectivity index is 2.23. The first-order valence-corrected chi connectivity index (χ1v) is 2.65. The van der Waals surface area contributed by atoms with Gasteiger partial charge in [0.15, 0.2) is 0 Å². The molecule has 0 unspecified atom stereocenters. The Kier molecular flexibility index (Phi) is 1.29.